The minimum atomic E-state index is -0.287. The number of nitrogens with one attached hydrogen (secondary N) is 2. The summed E-state index contributed by atoms with van der Waals surface area (Å²) >= 11 is 4.86. The highest BCUT2D eigenvalue weighted by atomic mass is 32.1. The molecule has 1 rings (SSSR count). The molecule has 1 saturated heterocycles. The first kappa shape index (κ1) is 8.70. The van der Waals surface area contributed by atoms with Crippen LogP contribution in [-0.2, 0) is 0 Å². The molecule has 0 saturated carbocycles. The Balaban J connectivity index is 2.22. The Bertz CT molecular complexity index is 141. The van der Waals surface area contributed by atoms with Crippen LogP contribution < -0.4 is 10.6 Å². The van der Waals surface area contributed by atoms with Crippen molar-refractivity contribution in [2.24, 2.45) is 0 Å². The molecular formula is C6H13N3OS. The smallest absolute Gasteiger partial charge is 0.168 e. The van der Waals surface area contributed by atoms with E-state index in [2.05, 4.69) is 10.6 Å². The summed E-state index contributed by atoms with van der Waals surface area (Å²) < 4.78 is 0. The zero-order valence-corrected chi connectivity index (χ0v) is 7.32. The Morgan fingerprint density at radius 3 is 2.64 bits per heavy atom. The first-order valence-corrected chi connectivity index (χ1v) is 4.01. The average molecular weight is 175 g/mol. The molecule has 11 heavy (non-hydrogen) atoms. The maximum Gasteiger partial charge on any atom is 0.168 e. The van der Waals surface area contributed by atoms with Crippen molar-refractivity contribution in [1.29, 1.82) is 0 Å². The topological polar surface area (TPSA) is 47.5 Å². The van der Waals surface area contributed by atoms with Crippen LogP contribution in [0.3, 0.4) is 0 Å². The molecule has 0 unspecified atom stereocenters. The lowest BCUT2D eigenvalue weighted by atomic mass is 10.4. The van der Waals surface area contributed by atoms with E-state index in [0.29, 0.717) is 11.7 Å². The van der Waals surface area contributed by atoms with E-state index in [4.69, 9.17) is 17.3 Å². The van der Waals surface area contributed by atoms with Gasteiger partial charge in [0.2, 0.25) is 0 Å². The van der Waals surface area contributed by atoms with Gasteiger partial charge in [0.25, 0.3) is 0 Å². The van der Waals surface area contributed by atoms with E-state index in [1.54, 1.807) is 6.92 Å². The van der Waals surface area contributed by atoms with Gasteiger partial charge >= 0.3 is 0 Å². The molecule has 1 aliphatic rings. The molecule has 0 bridgehead atoms. The summed E-state index contributed by atoms with van der Waals surface area (Å²) in [5.74, 6) is 0. The fraction of sp³-hybridized carbons (Fsp3) is 0.833. The lowest BCUT2D eigenvalue weighted by Gasteiger charge is -2.30. The molecule has 1 fully saturated rings. The van der Waals surface area contributed by atoms with Gasteiger partial charge in [0.05, 0.1) is 19.4 Å². The van der Waals surface area contributed by atoms with Gasteiger partial charge in [-0.1, -0.05) is 0 Å². The molecule has 0 spiro atoms. The van der Waals surface area contributed by atoms with Gasteiger partial charge in [0.1, 0.15) is 0 Å². The van der Waals surface area contributed by atoms with Crippen molar-refractivity contribution in [3.8, 4) is 0 Å². The van der Waals surface area contributed by atoms with E-state index in [-0.39, 0.29) is 6.10 Å². The number of hydrogen-bond donors (Lipinski definition) is 3. The Morgan fingerprint density at radius 1 is 1.64 bits per heavy atom. The second kappa shape index (κ2) is 3.85. The molecule has 0 aromatic carbocycles. The molecule has 5 heteroatoms. The molecule has 3 N–H and O–H groups in total. The summed E-state index contributed by atoms with van der Waals surface area (Å²) in [5.41, 5.74) is 0. The largest absolute Gasteiger partial charge is 0.392 e. The van der Waals surface area contributed by atoms with Gasteiger partial charge in [-0.25, -0.2) is 0 Å². The Kier molecular flexibility index (Phi) is 3.04. The van der Waals surface area contributed by atoms with Gasteiger partial charge in [-0.15, -0.1) is 0 Å². The van der Waals surface area contributed by atoms with Crippen LogP contribution in [0.5, 0.6) is 0 Å². The van der Waals surface area contributed by atoms with Gasteiger partial charge in [-0.05, 0) is 19.1 Å². The molecule has 1 aliphatic heterocycles. The van der Waals surface area contributed by atoms with Crippen molar-refractivity contribution in [3.05, 3.63) is 0 Å². The van der Waals surface area contributed by atoms with Gasteiger partial charge < -0.3 is 15.7 Å². The average Bonchev–Trinajstić information content (AvgIpc) is 1.93. The summed E-state index contributed by atoms with van der Waals surface area (Å²) in [6, 6.07) is 0. The maximum atomic E-state index is 9.04. The molecule has 1 heterocycles. The van der Waals surface area contributed by atoms with E-state index in [0.717, 1.165) is 13.3 Å². The van der Waals surface area contributed by atoms with Crippen molar-refractivity contribution >= 4 is 17.3 Å². The summed E-state index contributed by atoms with van der Waals surface area (Å²) in [6.07, 6.45) is -0.287. The lowest BCUT2D eigenvalue weighted by molar-refractivity contribution is 0.117. The molecule has 0 aliphatic carbocycles. The fourth-order valence-corrected chi connectivity index (χ4v) is 1.12. The van der Waals surface area contributed by atoms with Crippen LogP contribution in [0.1, 0.15) is 6.92 Å². The number of β-amino-alcohol motifs (C(OH)–C–C–N with tert-alkyl or cyclic N) is 1. The third-order valence-corrected chi connectivity index (χ3v) is 1.74. The molecular weight excluding hydrogens is 162 g/mol. The summed E-state index contributed by atoms with van der Waals surface area (Å²) in [4.78, 5) is 2.04. The van der Waals surface area contributed by atoms with Gasteiger partial charge in [0, 0.05) is 6.54 Å². The van der Waals surface area contributed by atoms with Gasteiger partial charge in [-0.2, -0.15) is 0 Å². The van der Waals surface area contributed by atoms with E-state index in [1.165, 1.54) is 0 Å². The highest BCUT2D eigenvalue weighted by Crippen LogP contribution is 1.91. The van der Waals surface area contributed by atoms with E-state index in [1.807, 2.05) is 4.90 Å². The van der Waals surface area contributed by atoms with Crippen molar-refractivity contribution in [2.45, 2.75) is 13.0 Å². The fourth-order valence-electron chi connectivity index (χ4n) is 0.988. The standard InChI is InChI=1S/C6H13N3OS/c1-5(10)2-9-3-7-6(11)8-4-9/h5,10H,2-4H2,1H3,(H2,7,8,11)/t5-/m0/s1. The molecule has 0 aromatic heterocycles. The van der Waals surface area contributed by atoms with Crippen LogP contribution in [-0.4, -0.2) is 41.1 Å². The molecule has 0 aromatic rings. The summed E-state index contributed by atoms with van der Waals surface area (Å²) in [5, 5.41) is 15.7. The lowest BCUT2D eigenvalue weighted by Crippen LogP contribution is -2.55. The number of hydrogen-bond acceptors (Lipinski definition) is 3. The highest BCUT2D eigenvalue weighted by Gasteiger charge is 2.12. The third kappa shape index (κ3) is 3.00. The van der Waals surface area contributed by atoms with Gasteiger partial charge in [0.15, 0.2) is 5.11 Å². The SMILES string of the molecule is C[C@H](O)CN1CNC(=S)NC1. The number of nitrogens with zero attached hydrogens (tertiary/aromatic N) is 1. The molecule has 0 radical (unpaired) electrons. The zero-order valence-electron chi connectivity index (χ0n) is 6.50. The quantitative estimate of drug-likeness (QED) is 0.473. The Labute approximate surface area is 71.6 Å². The van der Waals surface area contributed by atoms with Crippen molar-refractivity contribution in [2.75, 3.05) is 19.9 Å². The van der Waals surface area contributed by atoms with Crippen LogP contribution in [0, 0.1) is 0 Å². The van der Waals surface area contributed by atoms with Crippen LogP contribution in [0.4, 0.5) is 0 Å². The van der Waals surface area contributed by atoms with E-state index in [9.17, 15) is 0 Å². The predicted octanol–water partition coefficient (Wildman–Crippen LogP) is -0.938. The third-order valence-electron chi connectivity index (χ3n) is 1.45. The second-order valence-electron chi connectivity index (χ2n) is 2.70. The number of aliphatic hydroxyl groups is 1. The number of thiocarbonyl (C=S) groups is 1. The molecule has 1 atom stereocenters. The second-order valence-corrected chi connectivity index (χ2v) is 3.11. The van der Waals surface area contributed by atoms with E-state index >= 15 is 0 Å². The number of rotatable bonds is 2. The highest BCUT2D eigenvalue weighted by molar-refractivity contribution is 7.80. The first-order valence-electron chi connectivity index (χ1n) is 3.60. The minimum absolute atomic E-state index is 0.287. The molecule has 0 amide bonds. The predicted molar refractivity (Wildman–Crippen MR) is 47.0 cm³/mol. The summed E-state index contributed by atoms with van der Waals surface area (Å²) in [6.45, 7) is 3.88. The van der Waals surface area contributed by atoms with Crippen LogP contribution in [0.2, 0.25) is 0 Å². The van der Waals surface area contributed by atoms with Crippen LogP contribution in [0.15, 0.2) is 0 Å². The Morgan fingerprint density at radius 2 is 2.18 bits per heavy atom. The van der Waals surface area contributed by atoms with Crippen LogP contribution in [0.25, 0.3) is 0 Å². The van der Waals surface area contributed by atoms with Crippen molar-refractivity contribution in [3.63, 3.8) is 0 Å². The van der Waals surface area contributed by atoms with Gasteiger partial charge in [-0.3, -0.25) is 4.90 Å². The first-order chi connectivity index (χ1) is 5.18. The van der Waals surface area contributed by atoms with Crippen LogP contribution >= 0.6 is 12.2 Å². The normalized spacial score (nSPS) is 22.2. The number of aliphatic hydroxyl groups excluding tert-OH is 1. The monoisotopic (exact) mass is 175 g/mol. The summed E-state index contributed by atoms with van der Waals surface area (Å²) in [7, 11) is 0. The molecule has 64 valence electrons. The van der Waals surface area contributed by atoms with E-state index < -0.39 is 0 Å². The Hall–Kier alpha value is -0.390. The van der Waals surface area contributed by atoms with Crippen molar-refractivity contribution < 1.29 is 5.11 Å². The zero-order chi connectivity index (χ0) is 8.27. The maximum absolute atomic E-state index is 9.04. The minimum Gasteiger partial charge on any atom is -0.392 e. The molecule has 4 nitrogen and oxygen atoms in total. The van der Waals surface area contributed by atoms with Crippen molar-refractivity contribution in [1.82, 2.24) is 15.5 Å².